The van der Waals surface area contributed by atoms with Crippen molar-refractivity contribution in [2.45, 2.75) is 20.8 Å². The summed E-state index contributed by atoms with van der Waals surface area (Å²) in [7, 11) is 1.45. The first-order valence-electron chi connectivity index (χ1n) is 8.83. The predicted molar refractivity (Wildman–Crippen MR) is 107 cm³/mol. The highest BCUT2D eigenvalue weighted by molar-refractivity contribution is 5.82. The second-order valence-corrected chi connectivity index (χ2v) is 6.73. The van der Waals surface area contributed by atoms with Crippen LogP contribution in [0.2, 0.25) is 0 Å². The molecule has 28 heavy (non-hydrogen) atoms. The molecule has 0 aliphatic heterocycles. The number of hydrogen-bond donors (Lipinski definition) is 1. The van der Waals surface area contributed by atoms with Gasteiger partial charge in [-0.15, -0.1) is 0 Å². The number of nitrogens with zero attached hydrogens (tertiary/aromatic N) is 4. The Morgan fingerprint density at radius 1 is 1.14 bits per heavy atom. The number of aryl methyl sites for hydroxylation is 3. The molecule has 3 heterocycles. The van der Waals surface area contributed by atoms with E-state index in [1.807, 2.05) is 32.9 Å². The second kappa shape index (κ2) is 6.60. The van der Waals surface area contributed by atoms with Gasteiger partial charge in [-0.2, -0.15) is 5.10 Å². The Balaban J connectivity index is 2.05. The zero-order valence-corrected chi connectivity index (χ0v) is 16.1. The normalized spacial score (nSPS) is 11.2. The fourth-order valence-corrected chi connectivity index (χ4v) is 3.44. The average molecular weight is 377 g/mol. The number of hydrogen-bond acceptors (Lipinski definition) is 5. The minimum Gasteiger partial charge on any atom is -0.494 e. The monoisotopic (exact) mass is 377 g/mol. The molecule has 7 heteroatoms. The van der Waals surface area contributed by atoms with E-state index in [0.717, 1.165) is 28.2 Å². The van der Waals surface area contributed by atoms with Crippen LogP contribution in [0.15, 0.2) is 36.5 Å². The highest BCUT2D eigenvalue weighted by atomic mass is 19.1. The summed E-state index contributed by atoms with van der Waals surface area (Å²) in [5, 5.41) is 4.64. The van der Waals surface area contributed by atoms with Crippen LogP contribution in [0.4, 0.5) is 10.1 Å². The Kier molecular flexibility index (Phi) is 4.22. The third-order valence-corrected chi connectivity index (χ3v) is 4.69. The average Bonchev–Trinajstić information content (AvgIpc) is 2.97. The van der Waals surface area contributed by atoms with Gasteiger partial charge < -0.3 is 10.5 Å². The maximum atomic E-state index is 14.9. The molecule has 0 atom stereocenters. The minimum atomic E-state index is -0.437. The Bertz CT molecular complexity index is 1220. The maximum absolute atomic E-state index is 14.9. The van der Waals surface area contributed by atoms with Crippen molar-refractivity contribution >= 4 is 11.3 Å². The fourth-order valence-electron chi connectivity index (χ4n) is 3.44. The predicted octanol–water partition coefficient (Wildman–Crippen LogP) is 4.11. The summed E-state index contributed by atoms with van der Waals surface area (Å²) in [6.45, 7) is 5.71. The summed E-state index contributed by atoms with van der Waals surface area (Å²) in [6.07, 6.45) is 1.61. The van der Waals surface area contributed by atoms with E-state index < -0.39 is 5.82 Å². The molecule has 4 aromatic rings. The molecule has 0 bridgehead atoms. The number of benzene rings is 1. The van der Waals surface area contributed by atoms with Crippen LogP contribution < -0.4 is 10.5 Å². The van der Waals surface area contributed by atoms with Gasteiger partial charge in [0.25, 0.3) is 0 Å². The van der Waals surface area contributed by atoms with Crippen molar-refractivity contribution in [3.05, 3.63) is 59.3 Å². The van der Waals surface area contributed by atoms with Gasteiger partial charge in [0, 0.05) is 11.3 Å². The number of halogens is 1. The molecule has 0 aliphatic carbocycles. The summed E-state index contributed by atoms with van der Waals surface area (Å²) in [5.41, 5.74) is 12.1. The molecule has 0 aliphatic rings. The lowest BCUT2D eigenvalue weighted by atomic mass is 10.1. The Hall–Kier alpha value is -3.48. The van der Waals surface area contributed by atoms with E-state index in [-0.39, 0.29) is 5.75 Å². The number of fused-ring (bicyclic) bond motifs is 1. The molecule has 0 radical (unpaired) electrons. The van der Waals surface area contributed by atoms with E-state index in [1.54, 1.807) is 28.9 Å². The van der Waals surface area contributed by atoms with Gasteiger partial charge in [-0.05, 0) is 50.6 Å². The van der Waals surface area contributed by atoms with E-state index in [1.165, 1.54) is 7.11 Å². The molecular weight excluding hydrogens is 357 g/mol. The van der Waals surface area contributed by atoms with Gasteiger partial charge in [0.2, 0.25) is 0 Å². The van der Waals surface area contributed by atoms with Crippen molar-refractivity contribution in [3.63, 3.8) is 0 Å². The Morgan fingerprint density at radius 2 is 1.93 bits per heavy atom. The topological polar surface area (TPSA) is 78.3 Å². The molecular formula is C21H20FN5O. The van der Waals surface area contributed by atoms with Crippen molar-refractivity contribution in [1.82, 2.24) is 19.6 Å². The highest BCUT2D eigenvalue weighted by Crippen LogP contribution is 2.34. The Morgan fingerprint density at radius 3 is 2.64 bits per heavy atom. The fraction of sp³-hybridized carbons (Fsp3) is 0.190. The van der Waals surface area contributed by atoms with Gasteiger partial charge in [0.05, 0.1) is 41.6 Å². The number of nitrogens with two attached hydrogens (primary N) is 1. The van der Waals surface area contributed by atoms with Gasteiger partial charge >= 0.3 is 0 Å². The molecule has 0 saturated heterocycles. The summed E-state index contributed by atoms with van der Waals surface area (Å²) in [6, 6.07) is 8.72. The first-order chi connectivity index (χ1) is 13.4. The van der Waals surface area contributed by atoms with Gasteiger partial charge in [-0.1, -0.05) is 6.07 Å². The van der Waals surface area contributed by atoms with Crippen LogP contribution in [-0.4, -0.2) is 26.7 Å². The van der Waals surface area contributed by atoms with Crippen molar-refractivity contribution in [3.8, 4) is 28.3 Å². The number of anilines is 1. The van der Waals surface area contributed by atoms with Crippen LogP contribution in [0, 0.1) is 26.6 Å². The van der Waals surface area contributed by atoms with Crippen LogP contribution in [0.1, 0.15) is 17.0 Å². The van der Waals surface area contributed by atoms with Gasteiger partial charge in [-0.3, -0.25) is 4.98 Å². The molecule has 0 unspecified atom stereocenters. The lowest BCUT2D eigenvalue weighted by Gasteiger charge is -2.10. The smallest absolute Gasteiger partial charge is 0.174 e. The van der Waals surface area contributed by atoms with Gasteiger partial charge in [0.15, 0.2) is 17.2 Å². The zero-order chi connectivity index (χ0) is 20.0. The lowest BCUT2D eigenvalue weighted by Crippen LogP contribution is -2.01. The number of rotatable bonds is 3. The SMILES string of the molecule is COc1cccc(-c2cc(C)nc3c(-c4ncc(N)cc4C)c(C)nn23)c1F. The summed E-state index contributed by atoms with van der Waals surface area (Å²) in [5.74, 6) is -0.256. The minimum absolute atomic E-state index is 0.181. The molecule has 0 fully saturated rings. The van der Waals surface area contributed by atoms with Crippen LogP contribution in [0.5, 0.6) is 5.75 Å². The van der Waals surface area contributed by atoms with Crippen LogP contribution in [-0.2, 0) is 0 Å². The number of aromatic nitrogens is 4. The van der Waals surface area contributed by atoms with E-state index in [2.05, 4.69) is 15.1 Å². The standard InChI is InChI=1S/C21H20FN5O/c1-11-8-14(23)10-24-20(11)18-13(3)26-27-16(9-12(2)25-21(18)27)15-6-5-7-17(28-4)19(15)22/h5-10H,23H2,1-4H3. The molecule has 4 rings (SSSR count). The molecule has 0 saturated carbocycles. The number of nitrogen functional groups attached to an aromatic ring is 1. The summed E-state index contributed by atoms with van der Waals surface area (Å²) < 4.78 is 21.7. The molecule has 0 spiro atoms. The largest absolute Gasteiger partial charge is 0.494 e. The summed E-state index contributed by atoms with van der Waals surface area (Å²) >= 11 is 0. The van der Waals surface area contributed by atoms with Gasteiger partial charge in [0.1, 0.15) is 0 Å². The highest BCUT2D eigenvalue weighted by Gasteiger charge is 2.21. The van der Waals surface area contributed by atoms with Crippen LogP contribution >= 0.6 is 0 Å². The van der Waals surface area contributed by atoms with E-state index >= 15 is 0 Å². The number of pyridine rings is 1. The molecule has 142 valence electrons. The molecule has 0 amide bonds. The van der Waals surface area contributed by atoms with Gasteiger partial charge in [-0.25, -0.2) is 13.9 Å². The maximum Gasteiger partial charge on any atom is 0.174 e. The quantitative estimate of drug-likeness (QED) is 0.581. The number of methoxy groups -OCH3 is 1. The molecule has 6 nitrogen and oxygen atoms in total. The van der Waals surface area contributed by atoms with Crippen molar-refractivity contribution in [2.75, 3.05) is 12.8 Å². The van der Waals surface area contributed by atoms with Crippen molar-refractivity contribution in [2.24, 2.45) is 0 Å². The summed E-state index contributed by atoms with van der Waals surface area (Å²) in [4.78, 5) is 9.17. The number of ether oxygens (including phenoxy) is 1. The van der Waals surface area contributed by atoms with E-state index in [4.69, 9.17) is 10.5 Å². The Labute approximate surface area is 161 Å². The first-order valence-corrected chi connectivity index (χ1v) is 8.83. The van der Waals surface area contributed by atoms with E-state index in [9.17, 15) is 4.39 Å². The van der Waals surface area contributed by atoms with Crippen molar-refractivity contribution < 1.29 is 9.13 Å². The lowest BCUT2D eigenvalue weighted by molar-refractivity contribution is 0.387. The third-order valence-electron chi connectivity index (χ3n) is 4.69. The molecule has 2 N–H and O–H groups in total. The third kappa shape index (κ3) is 2.76. The van der Waals surface area contributed by atoms with Crippen LogP contribution in [0.3, 0.4) is 0 Å². The van der Waals surface area contributed by atoms with Crippen molar-refractivity contribution in [1.29, 1.82) is 0 Å². The van der Waals surface area contributed by atoms with E-state index in [0.29, 0.717) is 22.6 Å². The second-order valence-electron chi connectivity index (χ2n) is 6.73. The molecule has 1 aromatic carbocycles. The van der Waals surface area contributed by atoms with Crippen LogP contribution in [0.25, 0.3) is 28.2 Å². The molecule has 3 aromatic heterocycles. The first kappa shape index (κ1) is 17.9. The zero-order valence-electron chi connectivity index (χ0n) is 16.1.